The van der Waals surface area contributed by atoms with Crippen molar-refractivity contribution in [2.24, 2.45) is 5.92 Å². The van der Waals surface area contributed by atoms with Gasteiger partial charge < -0.3 is 16.2 Å². The predicted molar refractivity (Wildman–Crippen MR) is 57.1 cm³/mol. The van der Waals surface area contributed by atoms with Crippen molar-refractivity contribution in [3.8, 4) is 0 Å². The van der Waals surface area contributed by atoms with Crippen molar-refractivity contribution in [1.82, 2.24) is 15.6 Å². The van der Waals surface area contributed by atoms with Gasteiger partial charge in [0.2, 0.25) is 11.5 Å². The Kier molecular flexibility index (Phi) is 4.02. The fraction of sp³-hybridized carbons (Fsp3) is 0.556. The van der Waals surface area contributed by atoms with Gasteiger partial charge in [-0.25, -0.2) is 9.42 Å². The van der Waals surface area contributed by atoms with E-state index in [0.29, 0.717) is 6.42 Å². The number of nitrogen functional groups attached to an aromatic ring is 1. The summed E-state index contributed by atoms with van der Waals surface area (Å²) in [6, 6.07) is -0.997. The number of aliphatic carboxylic acids is 1. The van der Waals surface area contributed by atoms with Crippen LogP contribution >= 0.6 is 0 Å². The van der Waals surface area contributed by atoms with Crippen LogP contribution in [0.3, 0.4) is 0 Å². The Balaban J connectivity index is 2.78. The van der Waals surface area contributed by atoms with Gasteiger partial charge in [-0.3, -0.25) is 4.79 Å². The largest absolute Gasteiger partial charge is 0.480 e. The van der Waals surface area contributed by atoms with Crippen molar-refractivity contribution >= 4 is 17.7 Å². The van der Waals surface area contributed by atoms with Crippen molar-refractivity contribution in [2.75, 3.05) is 5.73 Å². The molecule has 0 saturated heterocycles. The van der Waals surface area contributed by atoms with Gasteiger partial charge in [0.1, 0.15) is 6.04 Å². The molecule has 1 amide bonds. The molecule has 2 atom stereocenters. The monoisotopic (exact) mass is 242 g/mol. The van der Waals surface area contributed by atoms with Gasteiger partial charge in [-0.1, -0.05) is 20.3 Å². The second kappa shape index (κ2) is 5.28. The standard InChI is InChI=1S/C9H14N4O4/c1-3-4(2)5(9(15)16)11-8(14)6-7(10)13-17-12-6/h4-5H,3H2,1-2H3,(H2,10,13)(H,11,14)(H,15,16). The van der Waals surface area contributed by atoms with Crippen molar-refractivity contribution in [3.63, 3.8) is 0 Å². The number of nitrogens with two attached hydrogens (primary N) is 1. The first kappa shape index (κ1) is 12.9. The highest BCUT2D eigenvalue weighted by atomic mass is 16.6. The smallest absolute Gasteiger partial charge is 0.326 e. The molecule has 0 aromatic carbocycles. The van der Waals surface area contributed by atoms with Crippen LogP contribution < -0.4 is 11.1 Å². The zero-order valence-electron chi connectivity index (χ0n) is 9.51. The highest BCUT2D eigenvalue weighted by Crippen LogP contribution is 2.10. The van der Waals surface area contributed by atoms with Crippen LogP contribution in [-0.4, -0.2) is 33.3 Å². The fourth-order valence-electron chi connectivity index (χ4n) is 1.25. The van der Waals surface area contributed by atoms with Crippen molar-refractivity contribution < 1.29 is 19.3 Å². The normalized spacial score (nSPS) is 14.0. The van der Waals surface area contributed by atoms with E-state index in [9.17, 15) is 9.59 Å². The molecule has 0 radical (unpaired) electrons. The van der Waals surface area contributed by atoms with E-state index in [0.717, 1.165) is 0 Å². The number of nitrogens with one attached hydrogen (secondary N) is 1. The topological polar surface area (TPSA) is 131 Å². The van der Waals surface area contributed by atoms with E-state index in [1.165, 1.54) is 0 Å². The number of nitrogens with zero attached hydrogens (tertiary/aromatic N) is 2. The molecule has 0 spiro atoms. The van der Waals surface area contributed by atoms with Crippen LogP contribution in [0.4, 0.5) is 5.82 Å². The number of hydrogen-bond donors (Lipinski definition) is 3. The number of carbonyl (C=O) groups excluding carboxylic acids is 1. The van der Waals surface area contributed by atoms with E-state index in [1.54, 1.807) is 6.92 Å². The molecule has 0 aliphatic carbocycles. The lowest BCUT2D eigenvalue weighted by molar-refractivity contribution is -0.140. The molecular weight excluding hydrogens is 228 g/mol. The lowest BCUT2D eigenvalue weighted by Crippen LogP contribution is -2.45. The number of hydrogen-bond acceptors (Lipinski definition) is 6. The SMILES string of the molecule is CCC(C)C(NC(=O)c1nonc1N)C(=O)O. The Morgan fingerprint density at radius 2 is 2.18 bits per heavy atom. The van der Waals surface area contributed by atoms with Crippen LogP contribution in [0.5, 0.6) is 0 Å². The molecule has 0 aliphatic heterocycles. The maximum atomic E-state index is 11.6. The number of anilines is 1. The number of carboxylic acid groups (broad SMARTS) is 1. The van der Waals surface area contributed by atoms with Crippen LogP contribution in [-0.2, 0) is 4.79 Å². The molecule has 1 aromatic rings. The van der Waals surface area contributed by atoms with E-state index in [1.807, 2.05) is 6.92 Å². The molecular formula is C9H14N4O4. The van der Waals surface area contributed by atoms with Crippen LogP contribution in [0.25, 0.3) is 0 Å². The van der Waals surface area contributed by atoms with Gasteiger partial charge >= 0.3 is 5.97 Å². The van der Waals surface area contributed by atoms with Crippen molar-refractivity contribution in [1.29, 1.82) is 0 Å². The van der Waals surface area contributed by atoms with E-state index < -0.39 is 17.9 Å². The lowest BCUT2D eigenvalue weighted by atomic mass is 9.99. The molecule has 94 valence electrons. The second-order valence-electron chi connectivity index (χ2n) is 3.67. The Morgan fingerprint density at radius 3 is 2.59 bits per heavy atom. The molecule has 1 heterocycles. The minimum Gasteiger partial charge on any atom is -0.480 e. The Hall–Kier alpha value is -2.12. The molecule has 1 rings (SSSR count). The number of rotatable bonds is 5. The van der Waals surface area contributed by atoms with Gasteiger partial charge in [0.25, 0.3) is 5.91 Å². The summed E-state index contributed by atoms with van der Waals surface area (Å²) in [5.74, 6) is -2.20. The highest BCUT2D eigenvalue weighted by molar-refractivity contribution is 5.98. The summed E-state index contributed by atoms with van der Waals surface area (Å²) >= 11 is 0. The summed E-state index contributed by atoms with van der Waals surface area (Å²) in [7, 11) is 0. The minimum atomic E-state index is -1.11. The maximum Gasteiger partial charge on any atom is 0.326 e. The first-order valence-electron chi connectivity index (χ1n) is 5.09. The molecule has 1 aromatic heterocycles. The quantitative estimate of drug-likeness (QED) is 0.655. The summed E-state index contributed by atoms with van der Waals surface area (Å²) in [5.41, 5.74) is 5.12. The summed E-state index contributed by atoms with van der Waals surface area (Å²) in [4.78, 5) is 22.6. The molecule has 0 bridgehead atoms. The van der Waals surface area contributed by atoms with Crippen molar-refractivity contribution in [2.45, 2.75) is 26.3 Å². The first-order valence-corrected chi connectivity index (χ1v) is 5.09. The number of aromatic nitrogens is 2. The number of amides is 1. The molecule has 0 aliphatic rings. The van der Waals surface area contributed by atoms with Gasteiger partial charge in [-0.15, -0.1) is 0 Å². The lowest BCUT2D eigenvalue weighted by Gasteiger charge is -2.19. The number of carbonyl (C=O) groups is 2. The zero-order chi connectivity index (χ0) is 13.0. The van der Waals surface area contributed by atoms with E-state index in [-0.39, 0.29) is 17.4 Å². The van der Waals surface area contributed by atoms with Crippen LogP contribution in [0.2, 0.25) is 0 Å². The van der Waals surface area contributed by atoms with Gasteiger partial charge in [0.05, 0.1) is 0 Å². The fourth-order valence-corrected chi connectivity index (χ4v) is 1.25. The molecule has 2 unspecified atom stereocenters. The first-order chi connectivity index (χ1) is 7.97. The predicted octanol–water partition coefficient (Wildman–Crippen LogP) is -0.119. The van der Waals surface area contributed by atoms with Crippen LogP contribution in [0, 0.1) is 5.92 Å². The Bertz CT molecular complexity index is 417. The molecule has 17 heavy (non-hydrogen) atoms. The second-order valence-corrected chi connectivity index (χ2v) is 3.67. The average Bonchev–Trinajstić information content (AvgIpc) is 2.70. The van der Waals surface area contributed by atoms with Crippen LogP contribution in [0.15, 0.2) is 4.63 Å². The summed E-state index contributed by atoms with van der Waals surface area (Å²) < 4.78 is 4.26. The molecule has 0 saturated carbocycles. The maximum absolute atomic E-state index is 11.6. The van der Waals surface area contributed by atoms with Gasteiger partial charge in [0.15, 0.2) is 0 Å². The third-order valence-electron chi connectivity index (χ3n) is 2.49. The van der Waals surface area contributed by atoms with Gasteiger partial charge in [-0.05, 0) is 16.2 Å². The summed E-state index contributed by atoms with van der Waals surface area (Å²) in [6.45, 7) is 3.56. The third kappa shape index (κ3) is 2.92. The summed E-state index contributed by atoms with van der Waals surface area (Å²) in [5, 5.41) is 17.8. The number of carboxylic acids is 1. The van der Waals surface area contributed by atoms with Gasteiger partial charge in [-0.2, -0.15) is 0 Å². The minimum absolute atomic E-state index is 0.171. The molecule has 0 fully saturated rings. The Labute approximate surface area is 97.1 Å². The van der Waals surface area contributed by atoms with Crippen LogP contribution in [0.1, 0.15) is 30.8 Å². The Morgan fingerprint density at radius 1 is 1.53 bits per heavy atom. The molecule has 8 heteroatoms. The van der Waals surface area contributed by atoms with E-state index in [2.05, 4.69) is 20.3 Å². The molecule has 4 N–H and O–H groups in total. The van der Waals surface area contributed by atoms with Gasteiger partial charge in [0, 0.05) is 0 Å². The van der Waals surface area contributed by atoms with E-state index in [4.69, 9.17) is 10.8 Å². The zero-order valence-corrected chi connectivity index (χ0v) is 9.51. The molecule has 8 nitrogen and oxygen atoms in total. The average molecular weight is 242 g/mol. The van der Waals surface area contributed by atoms with Crippen molar-refractivity contribution in [3.05, 3.63) is 5.69 Å². The summed E-state index contributed by atoms with van der Waals surface area (Å²) in [6.07, 6.45) is 0.615. The third-order valence-corrected chi connectivity index (χ3v) is 2.49. The van der Waals surface area contributed by atoms with E-state index >= 15 is 0 Å². The highest BCUT2D eigenvalue weighted by Gasteiger charge is 2.27.